The van der Waals surface area contributed by atoms with E-state index in [1.165, 1.54) is 12.1 Å². The van der Waals surface area contributed by atoms with Crippen LogP contribution in [0.15, 0.2) is 12.1 Å². The van der Waals surface area contributed by atoms with Crippen molar-refractivity contribution in [3.8, 4) is 0 Å². The first-order valence-corrected chi connectivity index (χ1v) is 6.97. The molecule has 1 fully saturated rings. The van der Waals surface area contributed by atoms with Crippen molar-refractivity contribution in [2.24, 2.45) is 5.41 Å². The molecule has 0 saturated heterocycles. The zero-order valence-corrected chi connectivity index (χ0v) is 12.4. The fourth-order valence-electron chi connectivity index (χ4n) is 2.59. The van der Waals surface area contributed by atoms with Gasteiger partial charge < -0.3 is 5.32 Å². The molecule has 19 heavy (non-hydrogen) atoms. The van der Waals surface area contributed by atoms with Gasteiger partial charge in [-0.3, -0.25) is 10.1 Å². The van der Waals surface area contributed by atoms with Crippen molar-refractivity contribution in [3.05, 3.63) is 32.3 Å². The number of nitro groups is 1. The molecule has 1 N–H and O–H groups in total. The highest BCUT2D eigenvalue weighted by atomic mass is 35.5. The maximum absolute atomic E-state index is 11.1. The minimum atomic E-state index is -0.438. The second-order valence-electron chi connectivity index (χ2n) is 5.62. The van der Waals surface area contributed by atoms with Crippen LogP contribution in [0.2, 0.25) is 10.0 Å². The highest BCUT2D eigenvalue weighted by Gasteiger charge is 2.35. The maximum Gasteiger partial charge on any atom is 0.293 e. The Labute approximate surface area is 122 Å². The van der Waals surface area contributed by atoms with E-state index in [2.05, 4.69) is 19.2 Å². The molecule has 1 aromatic rings. The quantitative estimate of drug-likeness (QED) is 0.638. The number of benzene rings is 1. The standard InChI is InChI=1S/C13H16Cl2N2O2/c1-13(2)5-3-4-12(13)16-10-6-8(14)9(15)7-11(10)17(18)19/h6-7,12,16H,3-5H2,1-2H3. The molecule has 2 rings (SSSR count). The van der Waals surface area contributed by atoms with E-state index in [4.69, 9.17) is 23.2 Å². The molecule has 104 valence electrons. The Morgan fingerprint density at radius 3 is 2.53 bits per heavy atom. The number of nitro benzene ring substituents is 1. The lowest BCUT2D eigenvalue weighted by molar-refractivity contribution is -0.384. The van der Waals surface area contributed by atoms with Gasteiger partial charge in [0.25, 0.3) is 5.69 Å². The normalized spacial score (nSPS) is 21.4. The molecule has 1 unspecified atom stereocenters. The molecule has 0 radical (unpaired) electrons. The molecule has 0 aromatic heterocycles. The first-order chi connectivity index (χ1) is 8.81. The van der Waals surface area contributed by atoms with Gasteiger partial charge in [-0.1, -0.05) is 43.5 Å². The summed E-state index contributed by atoms with van der Waals surface area (Å²) in [6.45, 7) is 4.34. The second kappa shape index (κ2) is 5.17. The van der Waals surface area contributed by atoms with Gasteiger partial charge in [-0.2, -0.15) is 0 Å². The lowest BCUT2D eigenvalue weighted by Gasteiger charge is -2.28. The zero-order chi connectivity index (χ0) is 14.2. The molecule has 0 amide bonds. The van der Waals surface area contributed by atoms with Crippen LogP contribution in [0.4, 0.5) is 11.4 Å². The van der Waals surface area contributed by atoms with Crippen molar-refractivity contribution in [2.45, 2.75) is 39.2 Å². The fourth-order valence-corrected chi connectivity index (χ4v) is 2.91. The van der Waals surface area contributed by atoms with Gasteiger partial charge in [0.2, 0.25) is 0 Å². The lowest BCUT2D eigenvalue weighted by Crippen LogP contribution is -2.31. The Hall–Kier alpha value is -1.00. The van der Waals surface area contributed by atoms with E-state index in [1.807, 2.05) is 0 Å². The molecule has 1 aromatic carbocycles. The summed E-state index contributed by atoms with van der Waals surface area (Å²) >= 11 is 11.8. The Morgan fingerprint density at radius 1 is 1.37 bits per heavy atom. The van der Waals surface area contributed by atoms with Crippen LogP contribution in [0.1, 0.15) is 33.1 Å². The summed E-state index contributed by atoms with van der Waals surface area (Å²) in [7, 11) is 0. The van der Waals surface area contributed by atoms with Crippen molar-refractivity contribution in [3.63, 3.8) is 0 Å². The first kappa shape index (κ1) is 14.4. The summed E-state index contributed by atoms with van der Waals surface area (Å²) in [5, 5.41) is 14.9. The van der Waals surface area contributed by atoms with Gasteiger partial charge in [-0.15, -0.1) is 0 Å². The average Bonchev–Trinajstić information content (AvgIpc) is 2.63. The van der Waals surface area contributed by atoms with Crippen LogP contribution in [0.3, 0.4) is 0 Å². The van der Waals surface area contributed by atoms with Crippen LogP contribution in [-0.4, -0.2) is 11.0 Å². The summed E-state index contributed by atoms with van der Waals surface area (Å²) < 4.78 is 0. The Morgan fingerprint density at radius 2 is 2.00 bits per heavy atom. The van der Waals surface area contributed by atoms with E-state index < -0.39 is 4.92 Å². The summed E-state index contributed by atoms with van der Waals surface area (Å²) in [5.41, 5.74) is 0.538. The van der Waals surface area contributed by atoms with Gasteiger partial charge >= 0.3 is 0 Å². The van der Waals surface area contributed by atoms with Crippen molar-refractivity contribution in [1.29, 1.82) is 0 Å². The van der Waals surface area contributed by atoms with Gasteiger partial charge in [0.1, 0.15) is 5.69 Å². The molecular weight excluding hydrogens is 287 g/mol. The summed E-state index contributed by atoms with van der Waals surface area (Å²) in [5.74, 6) is 0. The Kier molecular flexibility index (Phi) is 3.92. The van der Waals surface area contributed by atoms with Gasteiger partial charge in [-0.05, 0) is 24.3 Å². The van der Waals surface area contributed by atoms with E-state index in [1.54, 1.807) is 0 Å². The lowest BCUT2D eigenvalue weighted by atomic mass is 9.87. The highest BCUT2D eigenvalue weighted by Crippen LogP contribution is 2.41. The smallest absolute Gasteiger partial charge is 0.293 e. The van der Waals surface area contributed by atoms with Crippen LogP contribution in [0, 0.1) is 15.5 Å². The van der Waals surface area contributed by atoms with Crippen LogP contribution >= 0.6 is 23.2 Å². The van der Waals surface area contributed by atoms with E-state index in [-0.39, 0.29) is 22.2 Å². The Balaban J connectivity index is 2.34. The third-order valence-corrected chi connectivity index (χ3v) is 4.54. The molecule has 1 saturated carbocycles. The molecule has 0 bridgehead atoms. The number of hydrogen-bond donors (Lipinski definition) is 1. The molecule has 1 atom stereocenters. The van der Waals surface area contributed by atoms with Crippen molar-refractivity contribution < 1.29 is 4.92 Å². The Bertz CT molecular complexity index is 518. The van der Waals surface area contributed by atoms with Gasteiger partial charge in [0.15, 0.2) is 0 Å². The third-order valence-electron chi connectivity index (χ3n) is 3.82. The third kappa shape index (κ3) is 2.95. The minimum absolute atomic E-state index is 0.0305. The molecule has 0 aliphatic heterocycles. The molecule has 1 aliphatic carbocycles. The number of anilines is 1. The van der Waals surface area contributed by atoms with Crippen LogP contribution in [0.25, 0.3) is 0 Å². The summed E-state index contributed by atoms with van der Waals surface area (Å²) in [4.78, 5) is 10.6. The number of nitrogens with one attached hydrogen (secondary N) is 1. The number of hydrogen-bond acceptors (Lipinski definition) is 3. The fraction of sp³-hybridized carbons (Fsp3) is 0.538. The van der Waals surface area contributed by atoms with Crippen LogP contribution in [0.5, 0.6) is 0 Å². The van der Waals surface area contributed by atoms with Gasteiger partial charge in [-0.25, -0.2) is 0 Å². The monoisotopic (exact) mass is 302 g/mol. The predicted octanol–water partition coefficient (Wildman–Crippen LogP) is 4.89. The topological polar surface area (TPSA) is 55.2 Å². The van der Waals surface area contributed by atoms with Crippen molar-refractivity contribution in [2.75, 3.05) is 5.32 Å². The molecule has 0 spiro atoms. The first-order valence-electron chi connectivity index (χ1n) is 6.21. The van der Waals surface area contributed by atoms with E-state index >= 15 is 0 Å². The van der Waals surface area contributed by atoms with Gasteiger partial charge in [0.05, 0.1) is 15.0 Å². The van der Waals surface area contributed by atoms with Crippen molar-refractivity contribution in [1.82, 2.24) is 0 Å². The largest absolute Gasteiger partial charge is 0.376 e. The van der Waals surface area contributed by atoms with Gasteiger partial charge in [0, 0.05) is 12.1 Å². The number of rotatable bonds is 3. The van der Waals surface area contributed by atoms with Crippen LogP contribution in [-0.2, 0) is 0 Å². The number of halogens is 2. The molecular formula is C13H16Cl2N2O2. The maximum atomic E-state index is 11.1. The molecule has 6 heteroatoms. The average molecular weight is 303 g/mol. The minimum Gasteiger partial charge on any atom is -0.376 e. The van der Waals surface area contributed by atoms with E-state index in [9.17, 15) is 10.1 Å². The van der Waals surface area contributed by atoms with Crippen molar-refractivity contribution >= 4 is 34.6 Å². The molecule has 4 nitrogen and oxygen atoms in total. The summed E-state index contributed by atoms with van der Waals surface area (Å²) in [6.07, 6.45) is 3.24. The zero-order valence-electron chi connectivity index (χ0n) is 10.9. The summed E-state index contributed by atoms with van der Waals surface area (Å²) in [6, 6.07) is 3.05. The second-order valence-corrected chi connectivity index (χ2v) is 6.43. The highest BCUT2D eigenvalue weighted by molar-refractivity contribution is 6.42. The molecule has 0 heterocycles. The van der Waals surface area contributed by atoms with E-state index in [0.717, 1.165) is 19.3 Å². The number of nitrogens with zero attached hydrogens (tertiary/aromatic N) is 1. The molecule has 1 aliphatic rings. The van der Waals surface area contributed by atoms with E-state index in [0.29, 0.717) is 10.7 Å². The predicted molar refractivity (Wildman–Crippen MR) is 78.2 cm³/mol. The van der Waals surface area contributed by atoms with Crippen LogP contribution < -0.4 is 5.32 Å². The SMILES string of the molecule is CC1(C)CCCC1Nc1cc(Cl)c(Cl)cc1[N+](=O)[O-].